The predicted octanol–water partition coefficient (Wildman–Crippen LogP) is 31.6. The van der Waals surface area contributed by atoms with Gasteiger partial charge in [0.2, 0.25) is 0 Å². The first-order chi connectivity index (χ1) is 61.0. The van der Waals surface area contributed by atoms with Gasteiger partial charge in [0.05, 0.1) is 0 Å². The fraction of sp³-hybridized carbons (Fsp3) is 0.203. The highest BCUT2D eigenvalue weighted by atomic mass is 14.3. The fourth-order valence-electron chi connectivity index (χ4n) is 18.9. The van der Waals surface area contributed by atoms with Gasteiger partial charge in [-0.15, -0.1) is 0 Å². The van der Waals surface area contributed by atoms with Crippen molar-refractivity contribution in [3.05, 3.63) is 523 Å². The van der Waals surface area contributed by atoms with E-state index in [2.05, 4.69) is 382 Å². The molecule has 16 aliphatic rings. The Morgan fingerprint density at radius 1 is 0.228 bits per heavy atom. The lowest BCUT2D eigenvalue weighted by atomic mass is 9.92. The molecule has 0 saturated heterocycles. The van der Waals surface area contributed by atoms with E-state index in [0.29, 0.717) is 5.92 Å². The van der Waals surface area contributed by atoms with E-state index in [1.165, 1.54) is 221 Å². The Bertz CT molecular complexity index is 5770. The Morgan fingerprint density at radius 3 is 1.12 bits per heavy atom. The number of rotatable bonds is 0. The van der Waals surface area contributed by atoms with Gasteiger partial charge in [0.15, 0.2) is 0 Å². The molecule has 0 amide bonds. The van der Waals surface area contributed by atoms with Crippen molar-refractivity contribution < 1.29 is 0 Å². The van der Waals surface area contributed by atoms with Gasteiger partial charge in [-0.2, -0.15) is 0 Å². The monoisotopic (exact) mass is 1590 g/mol. The number of allylic oxidation sites excluding steroid dienone is 26. The fourth-order valence-corrected chi connectivity index (χ4v) is 18.9. The second-order valence-electron chi connectivity index (χ2n) is 33.8. The molecular weight excluding hydrogens is 1480 g/mol. The van der Waals surface area contributed by atoms with Crippen LogP contribution in [-0.4, -0.2) is 0 Å². The summed E-state index contributed by atoms with van der Waals surface area (Å²) in [6.45, 7) is 0. The number of fused-ring (bicyclic) bond motifs is 15. The largest absolute Gasteiger partial charge is 0.0835 e. The van der Waals surface area contributed by atoms with Crippen molar-refractivity contribution >= 4 is 45.8 Å². The van der Waals surface area contributed by atoms with E-state index in [1.807, 2.05) is 36.4 Å². The van der Waals surface area contributed by atoms with Crippen molar-refractivity contribution in [3.8, 4) is 11.1 Å². The van der Waals surface area contributed by atoms with E-state index in [-0.39, 0.29) is 0 Å². The molecule has 0 heteroatoms. The zero-order valence-electron chi connectivity index (χ0n) is 71.9. The molecule has 0 bridgehead atoms. The quantitative estimate of drug-likeness (QED) is 0.133. The van der Waals surface area contributed by atoms with Gasteiger partial charge in [-0.25, -0.2) is 0 Å². The van der Waals surface area contributed by atoms with Crippen LogP contribution in [0.3, 0.4) is 0 Å². The minimum absolute atomic E-state index is 0.676. The van der Waals surface area contributed by atoms with Crippen molar-refractivity contribution in [2.24, 2.45) is 5.92 Å². The summed E-state index contributed by atoms with van der Waals surface area (Å²) in [7, 11) is 0. The van der Waals surface area contributed by atoms with Crippen molar-refractivity contribution in [1.82, 2.24) is 0 Å². The van der Waals surface area contributed by atoms with Crippen LogP contribution >= 0.6 is 0 Å². The smallest absolute Gasteiger partial charge is 0.0166 e. The summed E-state index contributed by atoms with van der Waals surface area (Å²) in [5.41, 5.74) is 37.9. The Kier molecular flexibility index (Phi) is 30.1. The van der Waals surface area contributed by atoms with Crippen molar-refractivity contribution in [1.29, 1.82) is 0 Å². The van der Waals surface area contributed by atoms with Crippen molar-refractivity contribution in [3.63, 3.8) is 0 Å². The molecule has 0 spiro atoms. The van der Waals surface area contributed by atoms with Gasteiger partial charge in [0.25, 0.3) is 0 Å². The minimum atomic E-state index is 0.676. The van der Waals surface area contributed by atoms with Crippen molar-refractivity contribution in [2.45, 2.75) is 154 Å². The molecule has 0 aromatic heterocycles. The normalized spacial score (nSPS) is 16.7. The molecule has 0 fully saturated rings. The van der Waals surface area contributed by atoms with E-state index in [4.69, 9.17) is 0 Å². The summed E-state index contributed by atoms with van der Waals surface area (Å²) in [6.07, 6.45) is 85.1. The highest BCUT2D eigenvalue weighted by Crippen LogP contribution is 2.38. The molecule has 0 saturated carbocycles. The average Bonchev–Trinajstić information content (AvgIpc) is 1.66. The Hall–Kier alpha value is -12.7. The van der Waals surface area contributed by atoms with E-state index in [9.17, 15) is 0 Å². The SMILES string of the molecule is C1=CC2=C(C1)CC=C2.C1=CC2=C(C=CC2)C1.C1=CC2C=CCC2=C1.C1=CCC=C1.C1=Cc2cc3c(cc2C1)C=CC3.C1=Cc2ccc3ccccc3c2C1.C1=Cc2ccccc2C1.c1c2c(cc3c1CCC3)CCC2.c1ccc2c(c1)CCC2.c1ccc2c(c1)CCCC2.c1ccc2c(c1)Cc1ccccc1-2.c1ccc2ccccc2c1.c1ccccc1. The van der Waals surface area contributed by atoms with Crippen LogP contribution in [-0.2, 0) is 83.5 Å². The highest BCUT2D eigenvalue weighted by molar-refractivity contribution is 5.90. The molecular formula is C123H118. The number of hydrogen-bond donors (Lipinski definition) is 0. The van der Waals surface area contributed by atoms with Crippen LogP contribution in [0.15, 0.2) is 422 Å². The number of hydrogen-bond acceptors (Lipinski definition) is 0. The zero-order chi connectivity index (χ0) is 83.1. The molecule has 28 rings (SSSR count). The van der Waals surface area contributed by atoms with Crippen LogP contribution in [0.5, 0.6) is 0 Å². The molecule has 610 valence electrons. The molecule has 12 aromatic rings. The Labute approximate surface area is 734 Å². The molecule has 16 aliphatic carbocycles. The molecule has 1 atom stereocenters. The molecule has 0 nitrogen and oxygen atoms in total. The van der Waals surface area contributed by atoms with Crippen molar-refractivity contribution in [2.75, 3.05) is 0 Å². The third-order valence-corrected chi connectivity index (χ3v) is 25.5. The summed E-state index contributed by atoms with van der Waals surface area (Å²) in [5.74, 6) is 0.676. The first kappa shape index (κ1) is 83.9. The van der Waals surface area contributed by atoms with Gasteiger partial charge < -0.3 is 0 Å². The number of benzene rings is 12. The number of aryl methyl sites for hydroxylation is 8. The molecule has 0 N–H and O–H groups in total. The lowest BCUT2D eigenvalue weighted by Gasteiger charge is -2.13. The second kappa shape index (κ2) is 44.2. The Morgan fingerprint density at radius 2 is 0.634 bits per heavy atom. The van der Waals surface area contributed by atoms with Crippen LogP contribution in [0.4, 0.5) is 0 Å². The van der Waals surface area contributed by atoms with Gasteiger partial charge in [0.1, 0.15) is 0 Å². The first-order valence-corrected chi connectivity index (χ1v) is 45.8. The maximum absolute atomic E-state index is 2.48. The van der Waals surface area contributed by atoms with Gasteiger partial charge in [-0.3, -0.25) is 0 Å². The van der Waals surface area contributed by atoms with E-state index >= 15 is 0 Å². The topological polar surface area (TPSA) is 0 Å². The summed E-state index contributed by atoms with van der Waals surface area (Å²) in [6, 6.07) is 94.7. The summed E-state index contributed by atoms with van der Waals surface area (Å²) in [4.78, 5) is 0. The van der Waals surface area contributed by atoms with E-state index in [1.54, 1.807) is 55.7 Å². The highest BCUT2D eigenvalue weighted by Gasteiger charge is 2.20. The lowest BCUT2D eigenvalue weighted by molar-refractivity contribution is 0.685. The standard InChI is InChI=1S/2C13H10.C12H14.C12H10.C10H12.C10H8.C9H10.C9H8.3C8H8.C6H6.C5H6/c1-3-7-12-10(5-1)9-11-6-2-4-8-13(11)12;1-2-6-12-10(4-1)8-9-11-5-3-7-13(11)12;2*1-3-9-7-11-5-2-6-12(11)8-10(9)4-1;2*1-2-6-10-8-4-3-7-9(10)5-1;2*1-2-5-9-7-3-6-8(9)4-1;3*1-3-7-5-2-6-8(7)4-1;1-2-4-6-5-3-1;1-2-4-5-3-1/h1-8H,9H2;1-6,8-9H,7H2;7-8H,1-6H2;1-3,6-8H,4-5H2;1-2,5-6H,3-4,7-8H2;1-8H;1-2,4-5H,3,6-7H2;1-6H,7H2;1-3,6H,4-5H2;1-3,5H,4,6H2;1-5,7H,6H2;1-6H;1-4H,5H2. The van der Waals surface area contributed by atoms with Crippen LogP contribution < -0.4 is 0 Å². The van der Waals surface area contributed by atoms with Crippen LogP contribution in [0.1, 0.15) is 171 Å². The first-order valence-electron chi connectivity index (χ1n) is 45.8. The third kappa shape index (κ3) is 23.3. The van der Waals surface area contributed by atoms with Gasteiger partial charge in [-0.05, 0) is 304 Å². The van der Waals surface area contributed by atoms with Crippen LogP contribution in [0.25, 0.3) is 57.0 Å². The minimum Gasteiger partial charge on any atom is -0.0835 e. The maximum atomic E-state index is 2.48. The van der Waals surface area contributed by atoms with Gasteiger partial charge in [0, 0.05) is 5.92 Å². The third-order valence-electron chi connectivity index (χ3n) is 25.5. The molecule has 0 radical (unpaired) electrons. The van der Waals surface area contributed by atoms with Crippen LogP contribution in [0.2, 0.25) is 0 Å². The molecule has 0 heterocycles. The van der Waals surface area contributed by atoms with Gasteiger partial charge >= 0.3 is 0 Å². The average molecular weight is 1600 g/mol. The summed E-state index contributed by atoms with van der Waals surface area (Å²) < 4.78 is 0. The summed E-state index contributed by atoms with van der Waals surface area (Å²) in [5, 5.41) is 5.38. The molecule has 123 heavy (non-hydrogen) atoms. The Balaban J connectivity index is 0.0000000993. The van der Waals surface area contributed by atoms with Gasteiger partial charge in [-0.1, -0.05) is 430 Å². The van der Waals surface area contributed by atoms with E-state index in [0.717, 1.165) is 38.5 Å². The van der Waals surface area contributed by atoms with E-state index < -0.39 is 0 Å². The second-order valence-corrected chi connectivity index (χ2v) is 33.8. The zero-order valence-corrected chi connectivity index (χ0v) is 71.9. The molecule has 1 unspecified atom stereocenters. The molecule has 0 aliphatic heterocycles. The molecule has 12 aromatic carbocycles. The summed E-state index contributed by atoms with van der Waals surface area (Å²) >= 11 is 0. The predicted molar refractivity (Wildman–Crippen MR) is 531 cm³/mol. The van der Waals surface area contributed by atoms with Crippen LogP contribution in [0, 0.1) is 5.92 Å². The maximum Gasteiger partial charge on any atom is 0.0166 e. The lowest BCUT2D eigenvalue weighted by Crippen LogP contribution is -2.00.